The van der Waals surface area contributed by atoms with E-state index in [0.717, 1.165) is 24.5 Å². The maximum Gasteiger partial charge on any atom is 0.305 e. The molecule has 0 N–H and O–H groups in total. The minimum atomic E-state index is -0.331. The second-order valence-corrected chi connectivity index (χ2v) is 5.92. The summed E-state index contributed by atoms with van der Waals surface area (Å²) in [6, 6.07) is 3.89. The average Bonchev–Trinajstić information content (AvgIpc) is 3.07. The van der Waals surface area contributed by atoms with Crippen LogP contribution in [-0.2, 0) is 16.1 Å². The largest absolute Gasteiger partial charge is 0.469 e. The number of nitrogens with zero attached hydrogens (tertiary/aromatic N) is 1. The molecule has 1 aromatic rings. The summed E-state index contributed by atoms with van der Waals surface area (Å²) in [5, 5.41) is 0. The number of Topliss-reactive ketones (excluding diaryl/α,β-unsaturated/α-hetero) is 1. The van der Waals surface area contributed by atoms with Gasteiger partial charge < -0.3 is 4.74 Å². The monoisotopic (exact) mass is 281 g/mol. The molecule has 0 aliphatic carbocycles. The van der Waals surface area contributed by atoms with Gasteiger partial charge in [-0.2, -0.15) is 0 Å². The third-order valence-corrected chi connectivity index (χ3v) is 4.41. The highest BCUT2D eigenvalue weighted by atomic mass is 32.1. The normalized spacial score (nSPS) is 15.6. The first-order valence-corrected chi connectivity index (χ1v) is 7.42. The first-order valence-electron chi connectivity index (χ1n) is 6.60. The molecule has 0 bridgehead atoms. The van der Waals surface area contributed by atoms with E-state index in [1.165, 1.54) is 24.8 Å². The highest BCUT2D eigenvalue weighted by Gasteiger charge is 2.15. The molecule has 0 unspecified atom stereocenters. The Morgan fingerprint density at radius 3 is 2.68 bits per heavy atom. The lowest BCUT2D eigenvalue weighted by Gasteiger charge is -2.12. The third kappa shape index (κ3) is 4.14. The van der Waals surface area contributed by atoms with Gasteiger partial charge in [-0.1, -0.05) is 0 Å². The predicted molar refractivity (Wildman–Crippen MR) is 74.4 cm³/mol. The number of thiophene rings is 1. The quantitative estimate of drug-likeness (QED) is 0.593. The summed E-state index contributed by atoms with van der Waals surface area (Å²) in [7, 11) is 1.34. The number of rotatable bonds is 6. The first-order chi connectivity index (χ1) is 9.19. The van der Waals surface area contributed by atoms with Crippen LogP contribution in [0.2, 0.25) is 0 Å². The van der Waals surface area contributed by atoms with Crippen molar-refractivity contribution >= 4 is 23.1 Å². The summed E-state index contributed by atoms with van der Waals surface area (Å²) in [6.45, 7) is 3.25. The number of carbonyl (C=O) groups excluding carboxylic acids is 2. The number of likely N-dealkylation sites (tertiary alicyclic amines) is 1. The van der Waals surface area contributed by atoms with Crippen LogP contribution in [0.3, 0.4) is 0 Å². The van der Waals surface area contributed by atoms with Crippen molar-refractivity contribution in [2.45, 2.75) is 32.2 Å². The van der Waals surface area contributed by atoms with E-state index >= 15 is 0 Å². The minimum absolute atomic E-state index is 0.0306. The van der Waals surface area contributed by atoms with Crippen LogP contribution in [0.15, 0.2) is 12.1 Å². The fraction of sp³-hybridized carbons (Fsp3) is 0.571. The number of hydrogen-bond donors (Lipinski definition) is 0. The Bertz CT molecular complexity index is 449. The lowest BCUT2D eigenvalue weighted by atomic mass is 10.2. The summed E-state index contributed by atoms with van der Waals surface area (Å²) in [5.41, 5.74) is 0. The summed E-state index contributed by atoms with van der Waals surface area (Å²) in [6.07, 6.45) is 2.94. The fourth-order valence-corrected chi connectivity index (χ4v) is 3.23. The van der Waals surface area contributed by atoms with Crippen molar-refractivity contribution in [2.24, 2.45) is 0 Å². The summed E-state index contributed by atoms with van der Waals surface area (Å²) < 4.78 is 4.54. The van der Waals surface area contributed by atoms with Crippen LogP contribution in [0.25, 0.3) is 0 Å². The summed E-state index contributed by atoms with van der Waals surface area (Å²) in [4.78, 5) is 27.3. The van der Waals surface area contributed by atoms with Crippen molar-refractivity contribution in [3.63, 3.8) is 0 Å². The zero-order valence-corrected chi connectivity index (χ0v) is 12.0. The Labute approximate surface area is 117 Å². The molecular formula is C14H19NO3S. The average molecular weight is 281 g/mol. The summed E-state index contributed by atoms with van der Waals surface area (Å²) in [5.74, 6) is -0.301. The van der Waals surface area contributed by atoms with E-state index < -0.39 is 0 Å². The maximum atomic E-state index is 11.9. The predicted octanol–water partition coefficient (Wildman–Crippen LogP) is 2.48. The Morgan fingerprint density at radius 1 is 1.26 bits per heavy atom. The van der Waals surface area contributed by atoms with Gasteiger partial charge in [-0.05, 0) is 38.1 Å². The molecule has 0 spiro atoms. The molecule has 2 rings (SSSR count). The van der Waals surface area contributed by atoms with E-state index in [1.54, 1.807) is 11.3 Å². The number of ether oxygens (including phenoxy) is 1. The van der Waals surface area contributed by atoms with Gasteiger partial charge in [0.15, 0.2) is 5.78 Å². The van der Waals surface area contributed by atoms with Crippen LogP contribution in [-0.4, -0.2) is 36.9 Å². The SMILES string of the molecule is COC(=O)CCC(=O)c1ccc(CN2CCCC2)s1. The minimum Gasteiger partial charge on any atom is -0.469 e. The molecule has 1 aromatic heterocycles. The molecule has 2 heterocycles. The van der Waals surface area contributed by atoms with E-state index in [9.17, 15) is 9.59 Å². The number of hydrogen-bond acceptors (Lipinski definition) is 5. The van der Waals surface area contributed by atoms with Crippen LogP contribution in [0.5, 0.6) is 0 Å². The van der Waals surface area contributed by atoms with Gasteiger partial charge in [0, 0.05) is 17.8 Å². The molecule has 0 radical (unpaired) electrons. The second-order valence-electron chi connectivity index (χ2n) is 4.75. The van der Waals surface area contributed by atoms with E-state index in [1.807, 2.05) is 12.1 Å². The van der Waals surface area contributed by atoms with Crippen LogP contribution in [0, 0.1) is 0 Å². The van der Waals surface area contributed by atoms with Crippen LogP contribution in [0.4, 0.5) is 0 Å². The molecule has 104 valence electrons. The molecule has 4 nitrogen and oxygen atoms in total. The number of methoxy groups -OCH3 is 1. The highest BCUT2D eigenvalue weighted by molar-refractivity contribution is 7.14. The maximum absolute atomic E-state index is 11.9. The number of esters is 1. The third-order valence-electron chi connectivity index (χ3n) is 3.30. The standard InChI is InChI=1S/C14H19NO3S/c1-18-14(17)7-5-12(16)13-6-4-11(19-13)10-15-8-2-3-9-15/h4,6H,2-3,5,7-10H2,1H3. The molecule has 1 fully saturated rings. The van der Waals surface area contributed by atoms with E-state index in [4.69, 9.17) is 0 Å². The lowest BCUT2D eigenvalue weighted by molar-refractivity contribution is -0.140. The zero-order chi connectivity index (χ0) is 13.7. The van der Waals surface area contributed by atoms with Gasteiger partial charge in [-0.3, -0.25) is 14.5 Å². The Kier molecular flexibility index (Phi) is 5.10. The Hall–Kier alpha value is -1.20. The molecule has 0 amide bonds. The highest BCUT2D eigenvalue weighted by Crippen LogP contribution is 2.22. The molecule has 1 aliphatic rings. The van der Waals surface area contributed by atoms with Gasteiger partial charge in [0.05, 0.1) is 18.4 Å². The van der Waals surface area contributed by atoms with E-state index in [-0.39, 0.29) is 24.6 Å². The van der Waals surface area contributed by atoms with Crippen molar-refractivity contribution in [1.82, 2.24) is 4.90 Å². The smallest absolute Gasteiger partial charge is 0.305 e. The number of carbonyl (C=O) groups is 2. The Balaban J connectivity index is 1.85. The van der Waals surface area contributed by atoms with Crippen molar-refractivity contribution in [3.05, 3.63) is 21.9 Å². The van der Waals surface area contributed by atoms with Gasteiger partial charge in [0.25, 0.3) is 0 Å². The Morgan fingerprint density at radius 2 is 2.00 bits per heavy atom. The number of ketones is 1. The zero-order valence-electron chi connectivity index (χ0n) is 11.2. The van der Waals surface area contributed by atoms with Gasteiger partial charge in [-0.15, -0.1) is 11.3 Å². The van der Waals surface area contributed by atoms with Crippen molar-refractivity contribution < 1.29 is 14.3 Å². The molecule has 0 atom stereocenters. The van der Waals surface area contributed by atoms with Crippen molar-refractivity contribution in [1.29, 1.82) is 0 Å². The molecule has 1 aliphatic heterocycles. The molecule has 0 saturated carbocycles. The topological polar surface area (TPSA) is 46.6 Å². The van der Waals surface area contributed by atoms with Crippen molar-refractivity contribution in [3.8, 4) is 0 Å². The van der Waals surface area contributed by atoms with Gasteiger partial charge in [0.1, 0.15) is 0 Å². The second kappa shape index (κ2) is 6.82. The molecule has 5 heteroatoms. The van der Waals surface area contributed by atoms with Gasteiger partial charge in [-0.25, -0.2) is 0 Å². The molecule has 1 saturated heterocycles. The van der Waals surface area contributed by atoms with Crippen LogP contribution < -0.4 is 0 Å². The van der Waals surface area contributed by atoms with Gasteiger partial charge in [0.2, 0.25) is 0 Å². The first kappa shape index (κ1) is 14.2. The lowest BCUT2D eigenvalue weighted by Crippen LogP contribution is -2.17. The van der Waals surface area contributed by atoms with E-state index in [2.05, 4.69) is 9.64 Å². The van der Waals surface area contributed by atoms with E-state index in [0.29, 0.717) is 0 Å². The summed E-state index contributed by atoms with van der Waals surface area (Å²) >= 11 is 1.54. The van der Waals surface area contributed by atoms with Crippen LogP contribution >= 0.6 is 11.3 Å². The molecular weight excluding hydrogens is 262 g/mol. The molecule has 0 aromatic carbocycles. The van der Waals surface area contributed by atoms with Crippen LogP contribution in [0.1, 0.15) is 40.2 Å². The van der Waals surface area contributed by atoms with Crippen molar-refractivity contribution in [2.75, 3.05) is 20.2 Å². The van der Waals surface area contributed by atoms with Gasteiger partial charge >= 0.3 is 5.97 Å². The fourth-order valence-electron chi connectivity index (χ4n) is 2.21. The molecule has 19 heavy (non-hydrogen) atoms.